The van der Waals surface area contributed by atoms with Gasteiger partial charge in [0.25, 0.3) is 0 Å². The quantitative estimate of drug-likeness (QED) is 0.701. The third-order valence-electron chi connectivity index (χ3n) is 4.65. The first kappa shape index (κ1) is 16.4. The van der Waals surface area contributed by atoms with Gasteiger partial charge in [0.2, 0.25) is 0 Å². The molecule has 0 aliphatic heterocycles. The number of rotatable bonds is 4. The lowest BCUT2D eigenvalue weighted by Crippen LogP contribution is -2.16. The highest BCUT2D eigenvalue weighted by Gasteiger charge is 2.21. The van der Waals surface area contributed by atoms with Crippen LogP contribution in [-0.2, 0) is 13.5 Å². The predicted octanol–water partition coefficient (Wildman–Crippen LogP) is 5.08. The number of benzene rings is 2. The van der Waals surface area contributed by atoms with Crippen molar-refractivity contribution in [2.24, 2.45) is 12.8 Å². The highest BCUT2D eigenvalue weighted by atomic mass is 35.5. The molecule has 0 saturated carbocycles. The number of aromatic nitrogens is 1. The Morgan fingerprint density at radius 2 is 1.70 bits per heavy atom. The van der Waals surface area contributed by atoms with E-state index in [4.69, 9.17) is 28.9 Å². The summed E-state index contributed by atoms with van der Waals surface area (Å²) >= 11 is 12.7. The molecule has 23 heavy (non-hydrogen) atoms. The molecule has 0 saturated heterocycles. The number of hydrogen-bond acceptors (Lipinski definition) is 1. The number of nitrogens with zero attached hydrogens (tertiary/aromatic N) is 1. The fourth-order valence-electron chi connectivity index (χ4n) is 3.34. The molecule has 120 valence electrons. The SMILES string of the molecule is Cc1c(C(CN)Cc2c(Cl)cccc2Cl)c2ccccc2n1C. The summed E-state index contributed by atoms with van der Waals surface area (Å²) in [5, 5.41) is 2.66. The molecule has 3 rings (SSSR count). The van der Waals surface area contributed by atoms with E-state index >= 15 is 0 Å². The molecule has 4 heteroatoms. The molecule has 1 unspecified atom stereocenters. The maximum Gasteiger partial charge on any atom is 0.0482 e. The topological polar surface area (TPSA) is 30.9 Å². The molecule has 0 bridgehead atoms. The molecule has 0 amide bonds. The first-order valence-corrected chi connectivity index (χ1v) is 8.47. The van der Waals surface area contributed by atoms with Crippen LogP contribution in [0.1, 0.15) is 22.7 Å². The Morgan fingerprint density at radius 3 is 2.35 bits per heavy atom. The number of para-hydroxylation sites is 1. The first-order chi connectivity index (χ1) is 11.0. The van der Waals surface area contributed by atoms with Crippen molar-refractivity contribution in [2.75, 3.05) is 6.54 Å². The van der Waals surface area contributed by atoms with Gasteiger partial charge in [-0.1, -0.05) is 47.5 Å². The predicted molar refractivity (Wildman–Crippen MR) is 99.6 cm³/mol. The Kier molecular flexibility index (Phi) is 4.67. The highest BCUT2D eigenvalue weighted by Crippen LogP contribution is 2.35. The Balaban J connectivity index is 2.11. The van der Waals surface area contributed by atoms with Crippen LogP contribution in [0.3, 0.4) is 0 Å². The fourth-order valence-corrected chi connectivity index (χ4v) is 3.89. The fraction of sp³-hybridized carbons (Fsp3) is 0.263. The summed E-state index contributed by atoms with van der Waals surface area (Å²) < 4.78 is 2.22. The van der Waals surface area contributed by atoms with Crippen molar-refractivity contribution in [2.45, 2.75) is 19.3 Å². The second kappa shape index (κ2) is 6.56. The van der Waals surface area contributed by atoms with E-state index in [2.05, 4.69) is 42.8 Å². The highest BCUT2D eigenvalue weighted by molar-refractivity contribution is 6.36. The smallest absolute Gasteiger partial charge is 0.0482 e. The summed E-state index contributed by atoms with van der Waals surface area (Å²) in [7, 11) is 2.09. The molecule has 1 aromatic heterocycles. The second-order valence-electron chi connectivity index (χ2n) is 5.91. The van der Waals surface area contributed by atoms with Gasteiger partial charge in [-0.05, 0) is 49.2 Å². The number of aryl methyl sites for hydroxylation is 1. The van der Waals surface area contributed by atoms with Crippen molar-refractivity contribution in [3.05, 3.63) is 69.3 Å². The summed E-state index contributed by atoms with van der Waals surface area (Å²) in [5.74, 6) is 0.179. The van der Waals surface area contributed by atoms with Gasteiger partial charge in [0.1, 0.15) is 0 Å². The average molecular weight is 347 g/mol. The van der Waals surface area contributed by atoms with Crippen LogP contribution in [0.4, 0.5) is 0 Å². The van der Waals surface area contributed by atoms with Crippen LogP contribution < -0.4 is 5.73 Å². The third-order valence-corrected chi connectivity index (χ3v) is 5.36. The van der Waals surface area contributed by atoms with Crippen LogP contribution in [0.25, 0.3) is 10.9 Å². The molecule has 2 aromatic carbocycles. The lowest BCUT2D eigenvalue weighted by atomic mass is 9.90. The van der Waals surface area contributed by atoms with Crippen molar-refractivity contribution in [1.29, 1.82) is 0 Å². The van der Waals surface area contributed by atoms with Crippen molar-refractivity contribution >= 4 is 34.1 Å². The molecule has 0 radical (unpaired) electrons. The Morgan fingerprint density at radius 1 is 1.04 bits per heavy atom. The van der Waals surface area contributed by atoms with Crippen LogP contribution in [0.15, 0.2) is 42.5 Å². The number of nitrogens with two attached hydrogens (primary N) is 1. The molecule has 0 aliphatic carbocycles. The van der Waals surface area contributed by atoms with E-state index in [0.29, 0.717) is 16.6 Å². The molecule has 0 aliphatic rings. The molecule has 2 N–H and O–H groups in total. The van der Waals surface area contributed by atoms with Gasteiger partial charge in [0.15, 0.2) is 0 Å². The van der Waals surface area contributed by atoms with Gasteiger partial charge in [-0.25, -0.2) is 0 Å². The number of halogens is 2. The van der Waals surface area contributed by atoms with Crippen molar-refractivity contribution < 1.29 is 0 Å². The number of fused-ring (bicyclic) bond motifs is 1. The van der Waals surface area contributed by atoms with Gasteiger partial charge >= 0.3 is 0 Å². The van der Waals surface area contributed by atoms with E-state index in [0.717, 1.165) is 12.0 Å². The summed E-state index contributed by atoms with van der Waals surface area (Å²) in [6.45, 7) is 2.70. The largest absolute Gasteiger partial charge is 0.348 e. The van der Waals surface area contributed by atoms with E-state index < -0.39 is 0 Å². The maximum atomic E-state index is 6.35. The minimum absolute atomic E-state index is 0.179. The molecule has 1 atom stereocenters. The van der Waals surface area contributed by atoms with Crippen LogP contribution in [0.5, 0.6) is 0 Å². The van der Waals surface area contributed by atoms with Gasteiger partial charge in [-0.2, -0.15) is 0 Å². The van der Waals surface area contributed by atoms with Crippen LogP contribution in [-0.4, -0.2) is 11.1 Å². The Hall–Kier alpha value is -1.48. The summed E-state index contributed by atoms with van der Waals surface area (Å²) in [5.41, 5.74) is 10.9. The van der Waals surface area contributed by atoms with Gasteiger partial charge in [0, 0.05) is 39.6 Å². The normalized spacial score (nSPS) is 12.7. The number of hydrogen-bond donors (Lipinski definition) is 1. The standard InChI is InChI=1S/C19H20Cl2N2/c1-12-19(14-6-3-4-9-18(14)23(12)2)13(11-22)10-15-16(20)7-5-8-17(15)21/h3-9,13H,10-11,22H2,1-2H3. The van der Waals surface area contributed by atoms with Crippen LogP contribution in [0, 0.1) is 6.92 Å². The van der Waals surface area contributed by atoms with E-state index in [-0.39, 0.29) is 5.92 Å². The summed E-state index contributed by atoms with van der Waals surface area (Å²) in [6, 6.07) is 14.1. The van der Waals surface area contributed by atoms with E-state index in [1.807, 2.05) is 18.2 Å². The molecular formula is C19H20Cl2N2. The molecular weight excluding hydrogens is 327 g/mol. The summed E-state index contributed by atoms with van der Waals surface area (Å²) in [6.07, 6.45) is 0.740. The molecule has 1 heterocycles. The molecule has 0 spiro atoms. The summed E-state index contributed by atoms with van der Waals surface area (Å²) in [4.78, 5) is 0. The van der Waals surface area contributed by atoms with Gasteiger partial charge < -0.3 is 10.3 Å². The van der Waals surface area contributed by atoms with Crippen molar-refractivity contribution in [3.8, 4) is 0 Å². The Bertz CT molecular complexity index is 832. The zero-order chi connectivity index (χ0) is 16.6. The third kappa shape index (κ3) is 2.87. The molecule has 3 aromatic rings. The van der Waals surface area contributed by atoms with E-state index in [1.54, 1.807) is 0 Å². The van der Waals surface area contributed by atoms with Gasteiger partial charge in [-0.3, -0.25) is 0 Å². The van der Waals surface area contributed by atoms with E-state index in [9.17, 15) is 0 Å². The molecule has 2 nitrogen and oxygen atoms in total. The monoisotopic (exact) mass is 346 g/mol. The van der Waals surface area contributed by atoms with Gasteiger partial charge in [-0.15, -0.1) is 0 Å². The minimum atomic E-state index is 0.179. The zero-order valence-corrected chi connectivity index (χ0v) is 14.8. The zero-order valence-electron chi connectivity index (χ0n) is 13.3. The van der Waals surface area contributed by atoms with Gasteiger partial charge in [0.05, 0.1) is 0 Å². The minimum Gasteiger partial charge on any atom is -0.348 e. The first-order valence-electron chi connectivity index (χ1n) is 7.71. The molecule has 0 fully saturated rings. The second-order valence-corrected chi connectivity index (χ2v) is 6.73. The lowest BCUT2D eigenvalue weighted by Gasteiger charge is -2.18. The average Bonchev–Trinajstić information content (AvgIpc) is 2.80. The van der Waals surface area contributed by atoms with E-state index in [1.165, 1.54) is 22.2 Å². The van der Waals surface area contributed by atoms with Crippen molar-refractivity contribution in [3.63, 3.8) is 0 Å². The van der Waals surface area contributed by atoms with Crippen LogP contribution in [0.2, 0.25) is 10.0 Å². The van der Waals surface area contributed by atoms with Crippen molar-refractivity contribution in [1.82, 2.24) is 4.57 Å². The Labute approximate surface area is 146 Å². The maximum absolute atomic E-state index is 6.35. The van der Waals surface area contributed by atoms with Crippen LogP contribution >= 0.6 is 23.2 Å². The lowest BCUT2D eigenvalue weighted by molar-refractivity contribution is 0.689.